The quantitative estimate of drug-likeness (QED) is 0.697. The lowest BCUT2D eigenvalue weighted by Crippen LogP contribution is -2.19. The number of oxazole rings is 1. The van der Waals surface area contributed by atoms with E-state index in [0.29, 0.717) is 5.92 Å². The molecule has 0 fully saturated rings. The molecule has 1 aromatic rings. The van der Waals surface area contributed by atoms with Crippen molar-refractivity contribution in [3.63, 3.8) is 0 Å². The van der Waals surface area contributed by atoms with Crippen LogP contribution in [-0.4, -0.2) is 25.2 Å². The molecule has 0 bridgehead atoms. The van der Waals surface area contributed by atoms with Gasteiger partial charge in [0.1, 0.15) is 5.76 Å². The van der Waals surface area contributed by atoms with Crippen molar-refractivity contribution in [2.45, 2.75) is 26.8 Å². The first-order chi connectivity index (χ1) is 7.24. The second-order valence-electron chi connectivity index (χ2n) is 3.99. The van der Waals surface area contributed by atoms with Crippen LogP contribution in [-0.2, 0) is 17.7 Å². The number of hydrogen-bond acceptors (Lipinski definition) is 4. The number of aromatic nitrogens is 1. The largest absolute Gasteiger partial charge is 0.448 e. The lowest BCUT2D eigenvalue weighted by molar-refractivity contribution is 0.199. The molecule has 1 N–H and O–H groups in total. The summed E-state index contributed by atoms with van der Waals surface area (Å²) in [5.41, 5.74) is 1.01. The van der Waals surface area contributed by atoms with E-state index >= 15 is 0 Å². The molecule has 0 spiro atoms. The van der Waals surface area contributed by atoms with Crippen molar-refractivity contribution in [1.82, 2.24) is 10.3 Å². The predicted molar refractivity (Wildman–Crippen MR) is 58.6 cm³/mol. The van der Waals surface area contributed by atoms with Crippen molar-refractivity contribution in [1.29, 1.82) is 0 Å². The van der Waals surface area contributed by atoms with E-state index in [9.17, 15) is 0 Å². The molecule has 1 heterocycles. The van der Waals surface area contributed by atoms with E-state index in [2.05, 4.69) is 24.1 Å². The molecule has 86 valence electrons. The summed E-state index contributed by atoms with van der Waals surface area (Å²) in [6.07, 6.45) is 2.46. The van der Waals surface area contributed by atoms with E-state index in [-0.39, 0.29) is 0 Å². The van der Waals surface area contributed by atoms with Crippen molar-refractivity contribution >= 4 is 0 Å². The Kier molecular flexibility index (Phi) is 5.36. The molecule has 0 radical (unpaired) electrons. The van der Waals surface area contributed by atoms with Crippen molar-refractivity contribution in [3.05, 3.63) is 17.8 Å². The van der Waals surface area contributed by atoms with Crippen molar-refractivity contribution in [2.75, 3.05) is 20.3 Å². The zero-order chi connectivity index (χ0) is 11.1. The van der Waals surface area contributed by atoms with E-state index < -0.39 is 0 Å². The summed E-state index contributed by atoms with van der Waals surface area (Å²) < 4.78 is 10.3. The van der Waals surface area contributed by atoms with Crippen molar-refractivity contribution in [3.8, 4) is 0 Å². The molecule has 0 aliphatic rings. The molecule has 0 aliphatic carbocycles. The molecule has 0 atom stereocenters. The Morgan fingerprint density at radius 2 is 2.33 bits per heavy atom. The van der Waals surface area contributed by atoms with Crippen LogP contribution in [0.5, 0.6) is 0 Å². The van der Waals surface area contributed by atoms with Gasteiger partial charge in [0.05, 0.1) is 12.3 Å². The van der Waals surface area contributed by atoms with Gasteiger partial charge in [-0.15, -0.1) is 0 Å². The first kappa shape index (κ1) is 12.2. The molecule has 0 aliphatic heterocycles. The lowest BCUT2D eigenvalue weighted by atomic mass is 10.1. The fourth-order valence-corrected chi connectivity index (χ4v) is 1.36. The number of hydrogen-bond donors (Lipinski definition) is 1. The first-order valence-corrected chi connectivity index (χ1v) is 5.35. The highest BCUT2D eigenvalue weighted by molar-refractivity contribution is 5.07. The summed E-state index contributed by atoms with van der Waals surface area (Å²) in [5, 5.41) is 3.25. The van der Waals surface area contributed by atoms with Crippen LogP contribution in [0.25, 0.3) is 0 Å². The maximum atomic E-state index is 5.35. The number of nitrogens with one attached hydrogen (secondary N) is 1. The summed E-state index contributed by atoms with van der Waals surface area (Å²) in [6, 6.07) is 0. The van der Waals surface area contributed by atoms with Crippen LogP contribution < -0.4 is 5.32 Å². The van der Waals surface area contributed by atoms with Gasteiger partial charge in [0.2, 0.25) is 0 Å². The topological polar surface area (TPSA) is 47.3 Å². The Morgan fingerprint density at radius 3 is 3.00 bits per heavy atom. The van der Waals surface area contributed by atoms with Crippen LogP contribution in [0.15, 0.2) is 10.8 Å². The van der Waals surface area contributed by atoms with Gasteiger partial charge in [-0.1, -0.05) is 13.8 Å². The van der Waals surface area contributed by atoms with Crippen LogP contribution >= 0.6 is 0 Å². The SMILES string of the molecule is COCCNCc1ncoc1CC(C)C. The highest BCUT2D eigenvalue weighted by Crippen LogP contribution is 2.12. The molecular weight excluding hydrogens is 192 g/mol. The van der Waals surface area contributed by atoms with Gasteiger partial charge >= 0.3 is 0 Å². The Bertz CT molecular complexity index is 271. The molecule has 1 rings (SSSR count). The maximum Gasteiger partial charge on any atom is 0.181 e. The molecule has 4 heteroatoms. The van der Waals surface area contributed by atoms with E-state index in [4.69, 9.17) is 9.15 Å². The molecule has 1 aromatic heterocycles. The number of ether oxygens (including phenoxy) is 1. The Labute approximate surface area is 91.0 Å². The lowest BCUT2D eigenvalue weighted by Gasteiger charge is -2.05. The van der Waals surface area contributed by atoms with E-state index in [1.54, 1.807) is 7.11 Å². The molecule has 0 saturated carbocycles. The minimum atomic E-state index is 0.593. The fraction of sp³-hybridized carbons (Fsp3) is 0.727. The Morgan fingerprint density at radius 1 is 1.53 bits per heavy atom. The van der Waals surface area contributed by atoms with Gasteiger partial charge in [0.25, 0.3) is 0 Å². The van der Waals surface area contributed by atoms with E-state index in [0.717, 1.165) is 37.6 Å². The number of nitrogens with zero attached hydrogens (tertiary/aromatic N) is 1. The molecule has 0 saturated heterocycles. The van der Waals surface area contributed by atoms with Gasteiger partial charge in [-0.05, 0) is 5.92 Å². The second kappa shape index (κ2) is 6.58. The minimum absolute atomic E-state index is 0.593. The molecule has 0 aromatic carbocycles. The third-order valence-electron chi connectivity index (χ3n) is 2.09. The summed E-state index contributed by atoms with van der Waals surface area (Å²) >= 11 is 0. The normalized spacial score (nSPS) is 11.2. The van der Waals surface area contributed by atoms with E-state index in [1.165, 1.54) is 6.39 Å². The smallest absolute Gasteiger partial charge is 0.181 e. The monoisotopic (exact) mass is 212 g/mol. The minimum Gasteiger partial charge on any atom is -0.448 e. The highest BCUT2D eigenvalue weighted by atomic mass is 16.5. The van der Waals surface area contributed by atoms with Crippen LogP contribution in [0.2, 0.25) is 0 Å². The first-order valence-electron chi connectivity index (χ1n) is 5.35. The standard InChI is InChI=1S/C11H20N2O2/c1-9(2)6-11-10(13-8-15-11)7-12-4-5-14-3/h8-9,12H,4-7H2,1-3H3. The zero-order valence-corrected chi connectivity index (χ0v) is 9.75. The molecule has 0 amide bonds. The van der Waals surface area contributed by atoms with Gasteiger partial charge < -0.3 is 14.5 Å². The molecule has 4 nitrogen and oxygen atoms in total. The van der Waals surface area contributed by atoms with Gasteiger partial charge in [0.15, 0.2) is 6.39 Å². The van der Waals surface area contributed by atoms with Gasteiger partial charge in [0, 0.05) is 26.6 Å². The summed E-state index contributed by atoms with van der Waals surface area (Å²) in [6.45, 7) is 6.65. The third-order valence-corrected chi connectivity index (χ3v) is 2.09. The number of methoxy groups -OCH3 is 1. The van der Waals surface area contributed by atoms with Gasteiger partial charge in [-0.2, -0.15) is 0 Å². The average Bonchev–Trinajstić information content (AvgIpc) is 2.59. The summed E-state index contributed by atoms with van der Waals surface area (Å²) in [5.74, 6) is 1.59. The summed E-state index contributed by atoms with van der Waals surface area (Å²) in [4.78, 5) is 4.20. The van der Waals surface area contributed by atoms with E-state index in [1.807, 2.05) is 0 Å². The van der Waals surface area contributed by atoms with Crippen molar-refractivity contribution in [2.24, 2.45) is 5.92 Å². The predicted octanol–water partition coefficient (Wildman–Crippen LogP) is 1.61. The zero-order valence-electron chi connectivity index (χ0n) is 9.75. The third kappa shape index (κ3) is 4.44. The van der Waals surface area contributed by atoms with Crippen molar-refractivity contribution < 1.29 is 9.15 Å². The Hall–Kier alpha value is -0.870. The van der Waals surface area contributed by atoms with Crippen LogP contribution in [0.4, 0.5) is 0 Å². The second-order valence-corrected chi connectivity index (χ2v) is 3.99. The molecular formula is C11H20N2O2. The fourth-order valence-electron chi connectivity index (χ4n) is 1.36. The molecule has 0 unspecified atom stereocenters. The van der Waals surface area contributed by atoms with Crippen LogP contribution in [0.3, 0.4) is 0 Å². The average molecular weight is 212 g/mol. The highest BCUT2D eigenvalue weighted by Gasteiger charge is 2.09. The summed E-state index contributed by atoms with van der Waals surface area (Å²) in [7, 11) is 1.70. The van der Waals surface area contributed by atoms with Crippen LogP contribution in [0, 0.1) is 5.92 Å². The van der Waals surface area contributed by atoms with Crippen LogP contribution in [0.1, 0.15) is 25.3 Å². The maximum absolute atomic E-state index is 5.35. The van der Waals surface area contributed by atoms with Gasteiger partial charge in [-0.3, -0.25) is 0 Å². The van der Waals surface area contributed by atoms with Gasteiger partial charge in [-0.25, -0.2) is 4.98 Å². The molecule has 15 heavy (non-hydrogen) atoms. The number of rotatable bonds is 7. The Balaban J connectivity index is 2.36.